The lowest BCUT2D eigenvalue weighted by Crippen LogP contribution is -2.59. The van der Waals surface area contributed by atoms with Crippen LogP contribution in [0.5, 0.6) is 0 Å². The number of hydrogen-bond acceptors (Lipinski definition) is 2. The van der Waals surface area contributed by atoms with Crippen molar-refractivity contribution in [2.24, 2.45) is 0 Å². The fourth-order valence-electron chi connectivity index (χ4n) is 2.94. The van der Waals surface area contributed by atoms with Gasteiger partial charge in [-0.25, -0.2) is 0 Å². The number of likely N-dealkylation sites (N-methyl/N-ethyl adjacent to an activating group) is 1. The molecule has 1 aliphatic rings. The molecule has 2 nitrogen and oxygen atoms in total. The summed E-state index contributed by atoms with van der Waals surface area (Å²) in [5.41, 5.74) is 1.60. The van der Waals surface area contributed by atoms with Crippen molar-refractivity contribution in [3.05, 3.63) is 12.2 Å². The molecule has 0 bridgehead atoms. The highest BCUT2D eigenvalue weighted by Gasteiger charge is 2.35. The van der Waals surface area contributed by atoms with E-state index in [1.54, 1.807) is 0 Å². The maximum absolute atomic E-state index is 4.20. The Morgan fingerprint density at radius 1 is 1.22 bits per heavy atom. The monoisotopic (exact) mass is 252 g/mol. The Morgan fingerprint density at radius 3 is 2.33 bits per heavy atom. The minimum atomic E-state index is 0.231. The third-order valence-electron chi connectivity index (χ3n) is 4.47. The van der Waals surface area contributed by atoms with Crippen LogP contribution >= 0.6 is 0 Å². The summed E-state index contributed by atoms with van der Waals surface area (Å²) in [6, 6.07) is 0.521. The van der Waals surface area contributed by atoms with E-state index in [0.29, 0.717) is 6.04 Å². The van der Waals surface area contributed by atoms with Gasteiger partial charge >= 0.3 is 0 Å². The van der Waals surface area contributed by atoms with E-state index in [1.807, 2.05) is 0 Å². The Kier molecular flexibility index (Phi) is 6.37. The van der Waals surface area contributed by atoms with Gasteiger partial charge in [0.05, 0.1) is 0 Å². The standard InChI is InChI=1S/C16H32N2/c1-6-14(3)13-15(17-7-2)16(4,5)18-11-9-8-10-12-18/h15,17H,3,6-13H2,1-2,4-5H3. The maximum atomic E-state index is 4.20. The van der Waals surface area contributed by atoms with Crippen LogP contribution in [-0.4, -0.2) is 36.1 Å². The van der Waals surface area contributed by atoms with E-state index in [9.17, 15) is 0 Å². The van der Waals surface area contributed by atoms with Gasteiger partial charge in [-0.05, 0) is 59.2 Å². The third-order valence-corrected chi connectivity index (χ3v) is 4.47. The Balaban J connectivity index is 2.70. The maximum Gasteiger partial charge on any atom is 0.0309 e. The summed E-state index contributed by atoms with van der Waals surface area (Å²) in [6.45, 7) is 17.0. The second-order valence-electron chi connectivity index (χ2n) is 6.12. The van der Waals surface area contributed by atoms with E-state index in [4.69, 9.17) is 0 Å². The average molecular weight is 252 g/mol. The molecule has 0 aliphatic carbocycles. The van der Waals surface area contributed by atoms with Crippen molar-refractivity contribution in [3.63, 3.8) is 0 Å². The van der Waals surface area contributed by atoms with Crippen molar-refractivity contribution < 1.29 is 0 Å². The lowest BCUT2D eigenvalue weighted by molar-refractivity contribution is 0.0614. The molecule has 0 amide bonds. The highest BCUT2D eigenvalue weighted by atomic mass is 15.2. The van der Waals surface area contributed by atoms with Crippen LogP contribution in [0.4, 0.5) is 0 Å². The molecule has 1 rings (SSSR count). The molecule has 0 aromatic heterocycles. The SMILES string of the molecule is C=C(CC)CC(NCC)C(C)(C)N1CCCCC1. The van der Waals surface area contributed by atoms with Gasteiger partial charge in [0, 0.05) is 11.6 Å². The summed E-state index contributed by atoms with van der Waals surface area (Å²) in [6.07, 6.45) is 6.32. The summed E-state index contributed by atoms with van der Waals surface area (Å²) < 4.78 is 0. The van der Waals surface area contributed by atoms with Crippen LogP contribution in [0.3, 0.4) is 0 Å². The Bertz CT molecular complexity index is 252. The van der Waals surface area contributed by atoms with E-state index in [0.717, 1.165) is 19.4 Å². The van der Waals surface area contributed by atoms with E-state index in [2.05, 4.69) is 44.5 Å². The lowest BCUT2D eigenvalue weighted by Gasteiger charge is -2.46. The van der Waals surface area contributed by atoms with Crippen LogP contribution in [0.15, 0.2) is 12.2 Å². The first-order valence-corrected chi connectivity index (χ1v) is 7.67. The zero-order chi connectivity index (χ0) is 13.6. The second kappa shape index (κ2) is 7.30. The van der Waals surface area contributed by atoms with Gasteiger partial charge in [0.15, 0.2) is 0 Å². The molecule has 2 heteroatoms. The van der Waals surface area contributed by atoms with E-state index in [1.165, 1.54) is 37.9 Å². The summed E-state index contributed by atoms with van der Waals surface area (Å²) in [4.78, 5) is 2.67. The molecule has 1 atom stereocenters. The number of nitrogens with one attached hydrogen (secondary N) is 1. The first-order chi connectivity index (χ1) is 8.52. The Hall–Kier alpha value is -0.340. The van der Waals surface area contributed by atoms with Gasteiger partial charge in [-0.15, -0.1) is 0 Å². The molecular formula is C16H32N2. The van der Waals surface area contributed by atoms with Crippen LogP contribution in [0.25, 0.3) is 0 Å². The number of rotatable bonds is 7. The molecule has 1 heterocycles. The summed E-state index contributed by atoms with van der Waals surface area (Å²) >= 11 is 0. The number of piperidine rings is 1. The predicted octanol–water partition coefficient (Wildman–Crippen LogP) is 3.59. The molecule has 1 aliphatic heterocycles. The first kappa shape index (κ1) is 15.7. The van der Waals surface area contributed by atoms with Gasteiger partial charge in [-0.3, -0.25) is 4.90 Å². The molecular weight excluding hydrogens is 220 g/mol. The van der Waals surface area contributed by atoms with Gasteiger partial charge in [-0.1, -0.05) is 32.4 Å². The highest BCUT2D eigenvalue weighted by Crippen LogP contribution is 2.27. The van der Waals surface area contributed by atoms with Gasteiger partial charge in [0.25, 0.3) is 0 Å². The molecule has 0 spiro atoms. The molecule has 0 aromatic carbocycles. The van der Waals surface area contributed by atoms with E-state index >= 15 is 0 Å². The van der Waals surface area contributed by atoms with Crippen LogP contribution in [0.1, 0.15) is 59.8 Å². The average Bonchev–Trinajstić information content (AvgIpc) is 2.39. The molecule has 1 saturated heterocycles. The van der Waals surface area contributed by atoms with Crippen LogP contribution in [0.2, 0.25) is 0 Å². The largest absolute Gasteiger partial charge is 0.312 e. The Labute approximate surface area is 114 Å². The zero-order valence-corrected chi connectivity index (χ0v) is 12.9. The van der Waals surface area contributed by atoms with Crippen molar-refractivity contribution in [1.82, 2.24) is 10.2 Å². The molecule has 1 unspecified atom stereocenters. The number of hydrogen-bond donors (Lipinski definition) is 1. The Morgan fingerprint density at radius 2 is 1.83 bits per heavy atom. The molecule has 0 aromatic rings. The minimum Gasteiger partial charge on any atom is -0.312 e. The van der Waals surface area contributed by atoms with E-state index in [-0.39, 0.29) is 5.54 Å². The summed E-state index contributed by atoms with van der Waals surface area (Å²) in [5.74, 6) is 0. The van der Waals surface area contributed by atoms with Crippen LogP contribution < -0.4 is 5.32 Å². The van der Waals surface area contributed by atoms with Crippen molar-refractivity contribution in [1.29, 1.82) is 0 Å². The molecule has 106 valence electrons. The molecule has 18 heavy (non-hydrogen) atoms. The number of likely N-dealkylation sites (tertiary alicyclic amines) is 1. The summed E-state index contributed by atoms with van der Waals surface area (Å²) in [7, 11) is 0. The van der Waals surface area contributed by atoms with Crippen LogP contribution in [0, 0.1) is 0 Å². The molecule has 1 N–H and O–H groups in total. The molecule has 0 saturated carbocycles. The zero-order valence-electron chi connectivity index (χ0n) is 12.9. The fourth-order valence-corrected chi connectivity index (χ4v) is 2.94. The molecule has 1 fully saturated rings. The predicted molar refractivity (Wildman–Crippen MR) is 81.0 cm³/mol. The minimum absolute atomic E-state index is 0.231. The van der Waals surface area contributed by atoms with Gasteiger partial charge in [0.1, 0.15) is 0 Å². The van der Waals surface area contributed by atoms with Gasteiger partial charge in [-0.2, -0.15) is 0 Å². The van der Waals surface area contributed by atoms with Crippen molar-refractivity contribution in [2.45, 2.75) is 71.4 Å². The van der Waals surface area contributed by atoms with Crippen molar-refractivity contribution >= 4 is 0 Å². The molecule has 0 radical (unpaired) electrons. The quantitative estimate of drug-likeness (QED) is 0.697. The highest BCUT2D eigenvalue weighted by molar-refractivity contribution is 5.04. The normalized spacial score (nSPS) is 19.8. The van der Waals surface area contributed by atoms with Gasteiger partial charge in [0.2, 0.25) is 0 Å². The number of nitrogens with zero attached hydrogens (tertiary/aromatic N) is 1. The third kappa shape index (κ3) is 4.10. The summed E-state index contributed by atoms with van der Waals surface area (Å²) in [5, 5.41) is 3.68. The smallest absolute Gasteiger partial charge is 0.0309 e. The second-order valence-corrected chi connectivity index (χ2v) is 6.12. The first-order valence-electron chi connectivity index (χ1n) is 7.67. The topological polar surface area (TPSA) is 15.3 Å². The van der Waals surface area contributed by atoms with Crippen molar-refractivity contribution in [3.8, 4) is 0 Å². The fraction of sp³-hybridized carbons (Fsp3) is 0.875. The van der Waals surface area contributed by atoms with Crippen molar-refractivity contribution in [2.75, 3.05) is 19.6 Å². The lowest BCUT2D eigenvalue weighted by atomic mass is 9.85. The van der Waals surface area contributed by atoms with Gasteiger partial charge < -0.3 is 5.32 Å². The van der Waals surface area contributed by atoms with Crippen LogP contribution in [-0.2, 0) is 0 Å². The van der Waals surface area contributed by atoms with E-state index < -0.39 is 0 Å².